The molecule has 166 valence electrons. The minimum absolute atomic E-state index is 0.0879. The summed E-state index contributed by atoms with van der Waals surface area (Å²) in [4.78, 5) is 41.9. The topological polar surface area (TPSA) is 101 Å². The van der Waals surface area contributed by atoms with Crippen molar-refractivity contribution in [1.82, 2.24) is 30.1 Å². The van der Waals surface area contributed by atoms with E-state index in [4.69, 9.17) is 4.74 Å². The summed E-state index contributed by atoms with van der Waals surface area (Å²) in [5.74, 6) is -0.294. The first-order valence-corrected chi connectivity index (χ1v) is 10.7. The lowest BCUT2D eigenvalue weighted by Gasteiger charge is -2.30. The van der Waals surface area contributed by atoms with Gasteiger partial charge < -0.3 is 15.0 Å². The van der Waals surface area contributed by atoms with Crippen LogP contribution in [0.25, 0.3) is 0 Å². The molecule has 9 heteroatoms. The van der Waals surface area contributed by atoms with E-state index in [1.165, 1.54) is 6.20 Å². The number of hydrogen-bond donors (Lipinski definition) is 1. The average Bonchev–Trinajstić information content (AvgIpc) is 2.80. The summed E-state index contributed by atoms with van der Waals surface area (Å²) in [5.41, 5.74) is 1.98. The van der Waals surface area contributed by atoms with Gasteiger partial charge in [0.25, 0.3) is 5.91 Å². The maximum Gasteiger partial charge on any atom is 0.274 e. The zero-order valence-electron chi connectivity index (χ0n) is 18.0. The monoisotopic (exact) mass is 426 g/mol. The van der Waals surface area contributed by atoms with E-state index in [1.807, 2.05) is 25.1 Å². The van der Waals surface area contributed by atoms with Gasteiger partial charge in [0, 0.05) is 70.2 Å². The summed E-state index contributed by atoms with van der Waals surface area (Å²) >= 11 is 0. The lowest BCUT2D eigenvalue weighted by molar-refractivity contribution is -0.121. The van der Waals surface area contributed by atoms with Gasteiger partial charge in [-0.1, -0.05) is 6.07 Å². The SMILES string of the molecule is Cc1cnc(C(=O)N(CCC(=O)NCCc2ccccn2)CCN2CCOCC2)cn1. The average molecular weight is 427 g/mol. The largest absolute Gasteiger partial charge is 0.379 e. The van der Waals surface area contributed by atoms with Crippen LogP contribution >= 0.6 is 0 Å². The van der Waals surface area contributed by atoms with Gasteiger partial charge in [0.05, 0.1) is 25.1 Å². The van der Waals surface area contributed by atoms with Crippen molar-refractivity contribution in [2.75, 3.05) is 52.5 Å². The third-order valence-corrected chi connectivity index (χ3v) is 5.12. The molecule has 2 amide bonds. The molecule has 0 radical (unpaired) electrons. The number of ether oxygens (including phenoxy) is 1. The van der Waals surface area contributed by atoms with Crippen LogP contribution in [-0.4, -0.2) is 89.0 Å². The predicted octanol–water partition coefficient (Wildman–Crippen LogP) is 0.703. The molecule has 2 aromatic rings. The Balaban J connectivity index is 1.51. The van der Waals surface area contributed by atoms with E-state index in [9.17, 15) is 9.59 Å². The van der Waals surface area contributed by atoms with Crippen LogP contribution in [0.2, 0.25) is 0 Å². The number of rotatable bonds is 10. The lowest BCUT2D eigenvalue weighted by atomic mass is 10.2. The molecule has 1 fully saturated rings. The molecule has 0 unspecified atom stereocenters. The smallest absolute Gasteiger partial charge is 0.274 e. The van der Waals surface area contributed by atoms with Gasteiger partial charge in [0.1, 0.15) is 5.69 Å². The highest BCUT2D eigenvalue weighted by atomic mass is 16.5. The Bertz CT molecular complexity index is 825. The van der Waals surface area contributed by atoms with Crippen LogP contribution in [0.4, 0.5) is 0 Å². The summed E-state index contributed by atoms with van der Waals surface area (Å²) < 4.78 is 5.39. The normalized spacial score (nSPS) is 14.2. The van der Waals surface area contributed by atoms with E-state index < -0.39 is 0 Å². The summed E-state index contributed by atoms with van der Waals surface area (Å²) in [7, 11) is 0. The Morgan fingerprint density at radius 1 is 1.13 bits per heavy atom. The molecule has 1 N–H and O–H groups in total. The van der Waals surface area contributed by atoms with Crippen LogP contribution < -0.4 is 5.32 Å². The standard InChI is InChI=1S/C22H30N6O3/c1-18-16-26-20(17-25-18)22(30)28(11-10-27-12-14-31-15-13-27)9-6-21(29)24-8-5-19-4-2-3-7-23-19/h2-4,7,16-17H,5-6,8-15H2,1H3,(H,24,29). The van der Waals surface area contributed by atoms with Gasteiger partial charge in [0.2, 0.25) is 5.91 Å². The van der Waals surface area contributed by atoms with E-state index in [-0.39, 0.29) is 18.2 Å². The summed E-state index contributed by atoms with van der Waals surface area (Å²) in [5, 5.41) is 2.91. The number of pyridine rings is 1. The second-order valence-electron chi connectivity index (χ2n) is 7.46. The maximum absolute atomic E-state index is 13.0. The molecule has 9 nitrogen and oxygen atoms in total. The predicted molar refractivity (Wildman–Crippen MR) is 115 cm³/mol. The minimum atomic E-state index is -0.206. The number of nitrogens with one attached hydrogen (secondary N) is 1. The lowest BCUT2D eigenvalue weighted by Crippen LogP contribution is -2.44. The van der Waals surface area contributed by atoms with Crippen molar-refractivity contribution in [1.29, 1.82) is 0 Å². The number of aryl methyl sites for hydroxylation is 1. The summed E-state index contributed by atoms with van der Waals surface area (Å²) in [6.45, 7) is 7.03. The van der Waals surface area contributed by atoms with Crippen LogP contribution in [0.5, 0.6) is 0 Å². The van der Waals surface area contributed by atoms with Gasteiger partial charge in [-0.15, -0.1) is 0 Å². The molecule has 3 heterocycles. The van der Waals surface area contributed by atoms with Gasteiger partial charge >= 0.3 is 0 Å². The van der Waals surface area contributed by atoms with E-state index in [0.717, 1.165) is 31.0 Å². The molecule has 0 aromatic carbocycles. The number of nitrogens with zero attached hydrogens (tertiary/aromatic N) is 5. The molecule has 31 heavy (non-hydrogen) atoms. The van der Waals surface area contributed by atoms with E-state index >= 15 is 0 Å². The fourth-order valence-corrected chi connectivity index (χ4v) is 3.27. The van der Waals surface area contributed by atoms with E-state index in [1.54, 1.807) is 17.3 Å². The molecule has 0 atom stereocenters. The molecule has 1 aliphatic heterocycles. The Hall–Kier alpha value is -2.91. The number of morpholine rings is 1. The molecule has 0 bridgehead atoms. The number of carbonyl (C=O) groups is 2. The fourth-order valence-electron chi connectivity index (χ4n) is 3.27. The molecule has 1 saturated heterocycles. The molecule has 2 aromatic heterocycles. The van der Waals surface area contributed by atoms with Gasteiger partial charge in [-0.3, -0.25) is 24.5 Å². The molecule has 0 aliphatic carbocycles. The van der Waals surface area contributed by atoms with E-state index in [2.05, 4.69) is 25.2 Å². The van der Waals surface area contributed by atoms with Crippen molar-refractivity contribution in [3.63, 3.8) is 0 Å². The van der Waals surface area contributed by atoms with Crippen molar-refractivity contribution in [2.45, 2.75) is 19.8 Å². The number of hydrogen-bond acceptors (Lipinski definition) is 7. The number of carbonyl (C=O) groups excluding carboxylic acids is 2. The van der Waals surface area contributed by atoms with Crippen molar-refractivity contribution in [3.8, 4) is 0 Å². The highest BCUT2D eigenvalue weighted by Crippen LogP contribution is 2.05. The first-order valence-electron chi connectivity index (χ1n) is 10.7. The molecule has 1 aliphatic rings. The molecule has 0 spiro atoms. The second-order valence-corrected chi connectivity index (χ2v) is 7.46. The van der Waals surface area contributed by atoms with Crippen molar-refractivity contribution in [2.24, 2.45) is 0 Å². The highest BCUT2D eigenvalue weighted by molar-refractivity contribution is 5.92. The Morgan fingerprint density at radius 2 is 1.97 bits per heavy atom. The Kier molecular flexibility index (Phi) is 8.86. The van der Waals surface area contributed by atoms with Gasteiger partial charge in [-0.2, -0.15) is 0 Å². The molecular weight excluding hydrogens is 396 g/mol. The first-order chi connectivity index (χ1) is 15.1. The zero-order chi connectivity index (χ0) is 21.9. The van der Waals surface area contributed by atoms with Gasteiger partial charge in [-0.25, -0.2) is 4.98 Å². The van der Waals surface area contributed by atoms with Crippen LogP contribution in [0.3, 0.4) is 0 Å². The van der Waals surface area contributed by atoms with Crippen LogP contribution in [0.15, 0.2) is 36.8 Å². The van der Waals surface area contributed by atoms with Gasteiger partial charge in [0.15, 0.2) is 0 Å². The summed E-state index contributed by atoms with van der Waals surface area (Å²) in [6.07, 6.45) is 5.72. The zero-order valence-corrected chi connectivity index (χ0v) is 18.0. The van der Waals surface area contributed by atoms with Crippen LogP contribution in [0.1, 0.15) is 28.3 Å². The fraction of sp³-hybridized carbons (Fsp3) is 0.500. The number of aromatic nitrogens is 3. The Labute approximate surface area is 182 Å². The van der Waals surface area contributed by atoms with Crippen LogP contribution in [-0.2, 0) is 16.0 Å². The molecular formula is C22H30N6O3. The molecule has 3 rings (SSSR count). The maximum atomic E-state index is 13.0. The van der Waals surface area contributed by atoms with Crippen molar-refractivity contribution < 1.29 is 14.3 Å². The van der Waals surface area contributed by atoms with Crippen LogP contribution in [0, 0.1) is 6.92 Å². The number of amides is 2. The minimum Gasteiger partial charge on any atom is -0.379 e. The molecule has 0 saturated carbocycles. The first kappa shape index (κ1) is 22.8. The second kappa shape index (κ2) is 12.1. The third kappa shape index (κ3) is 7.69. The summed E-state index contributed by atoms with van der Waals surface area (Å²) in [6, 6.07) is 5.72. The third-order valence-electron chi connectivity index (χ3n) is 5.12. The van der Waals surface area contributed by atoms with Gasteiger partial charge in [-0.05, 0) is 19.1 Å². The Morgan fingerprint density at radius 3 is 2.68 bits per heavy atom. The quantitative estimate of drug-likeness (QED) is 0.597. The van der Waals surface area contributed by atoms with Crippen molar-refractivity contribution >= 4 is 11.8 Å². The van der Waals surface area contributed by atoms with E-state index in [0.29, 0.717) is 45.0 Å². The van der Waals surface area contributed by atoms with Crippen molar-refractivity contribution in [3.05, 3.63) is 53.9 Å². The highest BCUT2D eigenvalue weighted by Gasteiger charge is 2.20.